The van der Waals surface area contributed by atoms with E-state index in [9.17, 15) is 18.4 Å². The van der Waals surface area contributed by atoms with Crippen molar-refractivity contribution < 1.29 is 17.9 Å². The van der Waals surface area contributed by atoms with E-state index in [-0.39, 0.29) is 12.2 Å². The molecule has 0 saturated carbocycles. The van der Waals surface area contributed by atoms with Crippen LogP contribution in [0.1, 0.15) is 11.3 Å². The summed E-state index contributed by atoms with van der Waals surface area (Å²) in [5.41, 5.74) is 1.50. The molecule has 0 radical (unpaired) electrons. The van der Waals surface area contributed by atoms with Crippen LogP contribution in [-0.4, -0.2) is 28.7 Å². The fourth-order valence-electron chi connectivity index (χ4n) is 1.75. The van der Waals surface area contributed by atoms with E-state index in [1.807, 2.05) is 30.3 Å². The maximum absolute atomic E-state index is 12.8. The van der Waals surface area contributed by atoms with Gasteiger partial charge in [0, 0.05) is 17.7 Å². The molecule has 0 aliphatic heterocycles. The van der Waals surface area contributed by atoms with Crippen LogP contribution in [0, 0.1) is 5.21 Å². The lowest BCUT2D eigenvalue weighted by molar-refractivity contribution is -0.416. The molecule has 1 aromatic carbocycles. The molecule has 8 heteroatoms. The summed E-state index contributed by atoms with van der Waals surface area (Å²) in [5.74, 6) is -1.25. The lowest BCUT2D eigenvalue weighted by atomic mass is 10.1. The van der Waals surface area contributed by atoms with Gasteiger partial charge in [0.05, 0.1) is 5.69 Å². The Balaban J connectivity index is 2.21. The Bertz CT molecular complexity index is 722. The molecule has 2 rings (SSSR count). The van der Waals surface area contributed by atoms with Gasteiger partial charge in [0.2, 0.25) is 0 Å². The average Bonchev–Trinajstić information content (AvgIpc) is 2.90. The zero-order chi connectivity index (χ0) is 16.8. The molecule has 1 heterocycles. The highest BCUT2D eigenvalue weighted by Gasteiger charge is 2.15. The summed E-state index contributed by atoms with van der Waals surface area (Å²) in [6.07, 6.45) is -1.23. The van der Waals surface area contributed by atoms with Gasteiger partial charge in [-0.15, -0.1) is 11.3 Å². The predicted octanol–water partition coefficient (Wildman–Crippen LogP) is 4.93. The van der Waals surface area contributed by atoms with Gasteiger partial charge in [-0.25, -0.2) is 14.1 Å². The number of rotatable bonds is 6. The van der Waals surface area contributed by atoms with Crippen molar-refractivity contribution in [2.24, 2.45) is 0 Å². The van der Waals surface area contributed by atoms with Gasteiger partial charge in [-0.1, -0.05) is 42.1 Å². The molecule has 0 aliphatic carbocycles. The van der Waals surface area contributed by atoms with Crippen molar-refractivity contribution >= 4 is 29.3 Å². The topological polar surface area (TPSA) is 39.0 Å². The second kappa shape index (κ2) is 8.16. The molecule has 23 heavy (non-hydrogen) atoms. The first kappa shape index (κ1) is 17.6. The molecule has 2 aromatic rings. The molecule has 3 nitrogen and oxygen atoms in total. The van der Waals surface area contributed by atoms with Crippen LogP contribution in [0.2, 0.25) is 0 Å². The second-order valence-electron chi connectivity index (χ2n) is 4.50. The number of thioether (sulfide) groups is 1. The maximum atomic E-state index is 12.8. The molecular formula is C15H13F3N2OS2. The minimum Gasteiger partial charge on any atom is -0.624 e. The summed E-state index contributed by atoms with van der Waals surface area (Å²) in [5, 5.41) is 11.3. The zero-order valence-electron chi connectivity index (χ0n) is 12.1. The summed E-state index contributed by atoms with van der Waals surface area (Å²) in [6.45, 7) is 0. The Morgan fingerprint density at radius 3 is 2.61 bits per heavy atom. The summed E-state index contributed by atoms with van der Waals surface area (Å²) in [7, 11) is 1.37. The van der Waals surface area contributed by atoms with Gasteiger partial charge < -0.3 is 5.21 Å². The van der Waals surface area contributed by atoms with E-state index in [0.717, 1.165) is 5.56 Å². The van der Waals surface area contributed by atoms with E-state index < -0.39 is 11.9 Å². The van der Waals surface area contributed by atoms with Crippen molar-refractivity contribution in [2.75, 3.05) is 12.8 Å². The van der Waals surface area contributed by atoms with Gasteiger partial charge in [-0.3, -0.25) is 0 Å². The predicted molar refractivity (Wildman–Crippen MR) is 88.0 cm³/mol. The smallest absolute Gasteiger partial charge is 0.301 e. The first-order valence-electron chi connectivity index (χ1n) is 6.61. The van der Waals surface area contributed by atoms with E-state index in [1.54, 1.807) is 0 Å². The van der Waals surface area contributed by atoms with Crippen LogP contribution in [0.5, 0.6) is 0 Å². The quantitative estimate of drug-likeness (QED) is 0.242. The first-order valence-corrected chi connectivity index (χ1v) is 8.41. The summed E-state index contributed by atoms with van der Waals surface area (Å²) >= 11 is 2.45. The Morgan fingerprint density at radius 1 is 1.30 bits per heavy atom. The lowest BCUT2D eigenvalue weighted by Crippen LogP contribution is -1.97. The van der Waals surface area contributed by atoms with Crippen LogP contribution in [0.25, 0.3) is 11.3 Å². The SMILES string of the molecule is C/[N+]([O-])=C/c1sc(SCCC(F)=C(F)F)nc1-c1ccccc1. The van der Waals surface area contributed by atoms with Gasteiger partial charge in [0.1, 0.15) is 11.9 Å². The van der Waals surface area contributed by atoms with Crippen LogP contribution in [-0.2, 0) is 0 Å². The van der Waals surface area contributed by atoms with Gasteiger partial charge in [0.15, 0.2) is 16.4 Å². The third-order valence-corrected chi connectivity index (χ3v) is 4.87. The Kier molecular flexibility index (Phi) is 6.23. The Morgan fingerprint density at radius 2 is 2.00 bits per heavy atom. The van der Waals surface area contributed by atoms with E-state index >= 15 is 0 Å². The maximum Gasteiger partial charge on any atom is 0.301 e. The number of thiazole rings is 1. The summed E-state index contributed by atoms with van der Waals surface area (Å²) < 4.78 is 38.1. The number of aromatic nitrogens is 1. The van der Waals surface area contributed by atoms with Crippen LogP contribution < -0.4 is 0 Å². The van der Waals surface area contributed by atoms with Crippen molar-refractivity contribution in [3.05, 3.63) is 52.3 Å². The number of nitrogens with zero attached hydrogens (tertiary/aromatic N) is 2. The highest BCUT2D eigenvalue weighted by molar-refractivity contribution is 8.01. The standard InChI is InChI=1S/C15H13F3N2OS2/c1-20(21)9-12-13(10-5-3-2-4-6-10)19-15(23-12)22-8-7-11(16)14(17)18/h2-6,9H,7-8H2,1H3/b20-9-. The van der Waals surface area contributed by atoms with Crippen LogP contribution in [0.4, 0.5) is 13.2 Å². The lowest BCUT2D eigenvalue weighted by Gasteiger charge is -1.98. The molecule has 0 saturated heterocycles. The zero-order valence-corrected chi connectivity index (χ0v) is 13.8. The molecule has 0 spiro atoms. The van der Waals surface area contributed by atoms with Crippen molar-refractivity contribution in [2.45, 2.75) is 10.8 Å². The molecule has 1 aromatic heterocycles. The minimum absolute atomic E-state index is 0.150. The largest absolute Gasteiger partial charge is 0.624 e. The third kappa shape index (κ3) is 5.11. The molecule has 122 valence electrons. The van der Waals surface area contributed by atoms with Gasteiger partial charge in [-0.2, -0.15) is 8.78 Å². The molecule has 0 aliphatic rings. The Labute approximate surface area is 139 Å². The summed E-state index contributed by atoms with van der Waals surface area (Å²) in [4.78, 5) is 5.10. The highest BCUT2D eigenvalue weighted by atomic mass is 32.2. The number of benzene rings is 1. The van der Waals surface area contributed by atoms with E-state index in [0.29, 0.717) is 19.6 Å². The van der Waals surface area contributed by atoms with Crippen LogP contribution in [0.15, 0.2) is 46.6 Å². The minimum atomic E-state index is -2.28. The molecule has 0 fully saturated rings. The van der Waals surface area contributed by atoms with E-state index in [1.165, 1.54) is 36.4 Å². The Hall–Kier alpha value is -1.80. The summed E-state index contributed by atoms with van der Waals surface area (Å²) in [6, 6.07) is 9.32. The normalized spacial score (nSPS) is 11.6. The van der Waals surface area contributed by atoms with Gasteiger partial charge >= 0.3 is 6.08 Å². The molecular weight excluding hydrogens is 345 g/mol. The monoisotopic (exact) mass is 358 g/mol. The number of hydrogen-bond acceptors (Lipinski definition) is 4. The van der Waals surface area contributed by atoms with Crippen molar-refractivity contribution in [3.63, 3.8) is 0 Å². The molecule has 0 atom stereocenters. The van der Waals surface area contributed by atoms with Crippen LogP contribution >= 0.6 is 23.1 Å². The van der Waals surface area contributed by atoms with Crippen LogP contribution in [0.3, 0.4) is 0 Å². The average molecular weight is 358 g/mol. The highest BCUT2D eigenvalue weighted by Crippen LogP contribution is 2.33. The van der Waals surface area contributed by atoms with E-state index in [2.05, 4.69) is 4.98 Å². The second-order valence-corrected chi connectivity index (χ2v) is 6.87. The number of allylic oxidation sites excluding steroid dienone is 1. The fourth-order valence-corrected chi connectivity index (χ4v) is 3.90. The third-order valence-electron chi connectivity index (χ3n) is 2.73. The number of hydroxylamine groups is 1. The van der Waals surface area contributed by atoms with Gasteiger partial charge in [-0.05, 0) is 0 Å². The molecule has 0 amide bonds. The van der Waals surface area contributed by atoms with Crippen molar-refractivity contribution in [1.29, 1.82) is 0 Å². The van der Waals surface area contributed by atoms with Crippen molar-refractivity contribution in [3.8, 4) is 11.3 Å². The number of halogens is 3. The van der Waals surface area contributed by atoms with E-state index in [4.69, 9.17) is 0 Å². The van der Waals surface area contributed by atoms with Gasteiger partial charge in [0.25, 0.3) is 0 Å². The fraction of sp³-hybridized carbons (Fsp3) is 0.200. The molecule has 0 bridgehead atoms. The number of hydrogen-bond donors (Lipinski definition) is 0. The van der Waals surface area contributed by atoms with Crippen molar-refractivity contribution in [1.82, 2.24) is 4.98 Å². The molecule has 0 N–H and O–H groups in total. The molecule has 0 unspecified atom stereocenters. The first-order chi connectivity index (χ1) is 11.0.